The van der Waals surface area contributed by atoms with Gasteiger partial charge in [-0.15, -0.1) is 0 Å². The second-order valence-corrected chi connectivity index (χ2v) is 3.17. The van der Waals surface area contributed by atoms with E-state index in [9.17, 15) is 9.59 Å². The van der Waals surface area contributed by atoms with E-state index in [1.807, 2.05) is 0 Å². The first-order valence-electron chi connectivity index (χ1n) is 4.63. The Kier molecular flexibility index (Phi) is 2.82. The molecule has 1 saturated heterocycles. The predicted molar refractivity (Wildman–Crippen MR) is 48.0 cm³/mol. The zero-order chi connectivity index (χ0) is 11.5. The molecule has 1 fully saturated rings. The maximum absolute atomic E-state index is 11.8. The van der Waals surface area contributed by atoms with Crippen LogP contribution in [-0.2, 0) is 4.74 Å². The Balaban J connectivity index is 2.19. The zero-order valence-electron chi connectivity index (χ0n) is 8.25. The molecule has 1 aromatic heterocycles. The van der Waals surface area contributed by atoms with Gasteiger partial charge in [0.05, 0.1) is 13.2 Å². The van der Waals surface area contributed by atoms with Crippen molar-refractivity contribution in [1.29, 1.82) is 0 Å². The molecule has 1 amide bonds. The molecule has 0 spiro atoms. The van der Waals surface area contributed by atoms with Crippen LogP contribution in [0.5, 0.6) is 0 Å². The standard InChI is InChI=1S/C8H9N3O5/c12-7(11-1-3-15-4-2-11)5-6(8(13)14)10-16-9-5/h1-4H2,(H,13,14). The summed E-state index contributed by atoms with van der Waals surface area (Å²) in [6.07, 6.45) is 0. The topological polar surface area (TPSA) is 106 Å². The van der Waals surface area contributed by atoms with E-state index in [2.05, 4.69) is 14.9 Å². The summed E-state index contributed by atoms with van der Waals surface area (Å²) in [6, 6.07) is 0. The van der Waals surface area contributed by atoms with Gasteiger partial charge in [0.15, 0.2) is 0 Å². The lowest BCUT2D eigenvalue weighted by Gasteiger charge is -2.25. The summed E-state index contributed by atoms with van der Waals surface area (Å²) < 4.78 is 9.33. The van der Waals surface area contributed by atoms with Crippen molar-refractivity contribution in [1.82, 2.24) is 15.2 Å². The van der Waals surface area contributed by atoms with Gasteiger partial charge in [-0.25, -0.2) is 9.42 Å². The highest BCUT2D eigenvalue weighted by Crippen LogP contribution is 2.08. The molecule has 1 aromatic rings. The summed E-state index contributed by atoms with van der Waals surface area (Å²) in [5.41, 5.74) is -0.731. The fraction of sp³-hybridized carbons (Fsp3) is 0.500. The number of carboxylic acids is 1. The molecule has 0 aromatic carbocycles. The largest absolute Gasteiger partial charge is 0.476 e. The highest BCUT2D eigenvalue weighted by atomic mass is 16.6. The van der Waals surface area contributed by atoms with E-state index in [0.717, 1.165) is 0 Å². The first-order valence-corrected chi connectivity index (χ1v) is 4.63. The monoisotopic (exact) mass is 227 g/mol. The molecule has 0 unspecified atom stereocenters. The van der Waals surface area contributed by atoms with Gasteiger partial charge >= 0.3 is 5.97 Å². The van der Waals surface area contributed by atoms with Crippen molar-refractivity contribution in [2.45, 2.75) is 0 Å². The first kappa shape index (κ1) is 10.6. The van der Waals surface area contributed by atoms with Gasteiger partial charge in [-0.2, -0.15) is 0 Å². The van der Waals surface area contributed by atoms with E-state index in [1.54, 1.807) is 0 Å². The van der Waals surface area contributed by atoms with E-state index in [-0.39, 0.29) is 5.69 Å². The average Bonchev–Trinajstić information content (AvgIpc) is 2.78. The van der Waals surface area contributed by atoms with Crippen LogP contribution in [0.25, 0.3) is 0 Å². The molecule has 2 rings (SSSR count). The molecule has 86 valence electrons. The highest BCUT2D eigenvalue weighted by Gasteiger charge is 2.28. The number of carboxylic acid groups (broad SMARTS) is 1. The molecule has 8 heteroatoms. The number of hydrogen-bond acceptors (Lipinski definition) is 6. The Labute approximate surface area is 89.7 Å². The summed E-state index contributed by atoms with van der Waals surface area (Å²) in [7, 11) is 0. The molecular weight excluding hydrogens is 218 g/mol. The number of morpholine rings is 1. The Bertz CT molecular complexity index is 410. The molecule has 0 atom stereocenters. The molecule has 0 bridgehead atoms. The third-order valence-electron chi connectivity index (χ3n) is 2.19. The van der Waals surface area contributed by atoms with E-state index >= 15 is 0 Å². The minimum Gasteiger partial charge on any atom is -0.476 e. The van der Waals surface area contributed by atoms with Crippen LogP contribution in [0.3, 0.4) is 0 Å². The maximum Gasteiger partial charge on any atom is 0.360 e. The lowest BCUT2D eigenvalue weighted by molar-refractivity contribution is 0.0294. The van der Waals surface area contributed by atoms with Crippen molar-refractivity contribution < 1.29 is 24.1 Å². The Morgan fingerprint density at radius 3 is 2.44 bits per heavy atom. The molecule has 16 heavy (non-hydrogen) atoms. The van der Waals surface area contributed by atoms with Gasteiger partial charge in [0.1, 0.15) is 0 Å². The number of aromatic nitrogens is 2. The van der Waals surface area contributed by atoms with E-state index in [0.29, 0.717) is 26.3 Å². The number of nitrogens with zero attached hydrogens (tertiary/aromatic N) is 3. The first-order chi connectivity index (χ1) is 7.70. The van der Waals surface area contributed by atoms with Crippen LogP contribution >= 0.6 is 0 Å². The smallest absolute Gasteiger partial charge is 0.360 e. The van der Waals surface area contributed by atoms with Gasteiger partial charge < -0.3 is 14.7 Å². The summed E-state index contributed by atoms with van der Waals surface area (Å²) >= 11 is 0. The summed E-state index contributed by atoms with van der Waals surface area (Å²) in [6.45, 7) is 1.67. The van der Waals surface area contributed by atoms with Crippen LogP contribution in [0.15, 0.2) is 4.63 Å². The fourth-order valence-electron chi connectivity index (χ4n) is 1.39. The van der Waals surface area contributed by atoms with Crippen LogP contribution in [0.4, 0.5) is 0 Å². The van der Waals surface area contributed by atoms with Crippen molar-refractivity contribution in [3.05, 3.63) is 11.4 Å². The number of amides is 1. The van der Waals surface area contributed by atoms with Crippen LogP contribution < -0.4 is 0 Å². The van der Waals surface area contributed by atoms with Crippen molar-refractivity contribution in [2.24, 2.45) is 0 Å². The van der Waals surface area contributed by atoms with Crippen LogP contribution in [0.2, 0.25) is 0 Å². The maximum atomic E-state index is 11.8. The van der Waals surface area contributed by atoms with Gasteiger partial charge in [-0.3, -0.25) is 4.79 Å². The summed E-state index contributed by atoms with van der Waals surface area (Å²) in [5.74, 6) is -1.83. The summed E-state index contributed by atoms with van der Waals surface area (Å²) in [5, 5.41) is 15.2. The fourth-order valence-corrected chi connectivity index (χ4v) is 1.39. The lowest BCUT2D eigenvalue weighted by atomic mass is 10.2. The number of hydrogen-bond donors (Lipinski definition) is 1. The SMILES string of the molecule is O=C(O)c1nonc1C(=O)N1CCOCC1. The Hall–Kier alpha value is -1.96. The van der Waals surface area contributed by atoms with Gasteiger partial charge in [0.2, 0.25) is 11.4 Å². The molecule has 1 aliphatic rings. The number of rotatable bonds is 2. The Morgan fingerprint density at radius 2 is 1.81 bits per heavy atom. The number of carbonyl (C=O) groups is 2. The predicted octanol–water partition coefficient (Wildman–Crippen LogP) is -0.760. The van der Waals surface area contributed by atoms with Gasteiger partial charge in [0, 0.05) is 13.1 Å². The van der Waals surface area contributed by atoms with Crippen molar-refractivity contribution >= 4 is 11.9 Å². The van der Waals surface area contributed by atoms with E-state index < -0.39 is 17.6 Å². The molecule has 2 heterocycles. The van der Waals surface area contributed by atoms with Crippen molar-refractivity contribution in [2.75, 3.05) is 26.3 Å². The molecular formula is C8H9N3O5. The lowest BCUT2D eigenvalue weighted by Crippen LogP contribution is -2.41. The van der Waals surface area contributed by atoms with Gasteiger partial charge in [0.25, 0.3) is 5.91 Å². The van der Waals surface area contributed by atoms with Gasteiger partial charge in [-0.1, -0.05) is 0 Å². The Morgan fingerprint density at radius 1 is 1.19 bits per heavy atom. The average molecular weight is 227 g/mol. The normalized spacial score (nSPS) is 16.1. The third kappa shape index (κ3) is 1.87. The van der Waals surface area contributed by atoms with Crippen LogP contribution in [-0.4, -0.2) is 58.5 Å². The molecule has 0 radical (unpaired) electrons. The minimum atomic E-state index is -1.34. The zero-order valence-corrected chi connectivity index (χ0v) is 8.25. The highest BCUT2D eigenvalue weighted by molar-refractivity contribution is 6.01. The second kappa shape index (κ2) is 4.27. The molecule has 0 saturated carbocycles. The summed E-state index contributed by atoms with van der Waals surface area (Å²) in [4.78, 5) is 24.0. The molecule has 8 nitrogen and oxygen atoms in total. The number of ether oxygens (including phenoxy) is 1. The molecule has 0 aliphatic carbocycles. The number of carbonyl (C=O) groups excluding carboxylic acids is 1. The third-order valence-corrected chi connectivity index (χ3v) is 2.19. The van der Waals surface area contributed by atoms with E-state index in [1.165, 1.54) is 4.90 Å². The second-order valence-electron chi connectivity index (χ2n) is 3.17. The minimum absolute atomic E-state index is 0.269. The number of aromatic carboxylic acids is 1. The van der Waals surface area contributed by atoms with Gasteiger partial charge in [-0.05, 0) is 10.3 Å². The van der Waals surface area contributed by atoms with E-state index in [4.69, 9.17) is 9.84 Å². The quantitative estimate of drug-likeness (QED) is 0.707. The van der Waals surface area contributed by atoms with Crippen molar-refractivity contribution in [3.63, 3.8) is 0 Å². The molecule has 1 aliphatic heterocycles. The molecule has 1 N–H and O–H groups in total. The van der Waals surface area contributed by atoms with Crippen molar-refractivity contribution in [3.8, 4) is 0 Å². The van der Waals surface area contributed by atoms with Crippen LogP contribution in [0.1, 0.15) is 21.0 Å². The van der Waals surface area contributed by atoms with Crippen LogP contribution in [0, 0.1) is 0 Å².